The molecule has 0 aliphatic heterocycles. The number of carbonyl (C=O) groups is 1. The molecule has 16 heavy (non-hydrogen) atoms. The van der Waals surface area contributed by atoms with E-state index in [9.17, 15) is 4.79 Å². The van der Waals surface area contributed by atoms with E-state index in [4.69, 9.17) is 10.2 Å². The number of carboxylic acid groups (broad SMARTS) is 1. The molecule has 0 bridgehead atoms. The van der Waals surface area contributed by atoms with Crippen LogP contribution < -0.4 is 0 Å². The molecule has 2 N–H and O–H groups in total. The minimum atomic E-state index is -1.16. The van der Waals surface area contributed by atoms with Gasteiger partial charge in [-0.2, -0.15) is 0 Å². The van der Waals surface area contributed by atoms with E-state index in [1.807, 2.05) is 0 Å². The molecule has 0 spiro atoms. The number of hydrogen-bond donors (Lipinski definition) is 2. The second-order valence-corrected chi connectivity index (χ2v) is 3.71. The Morgan fingerprint density at radius 3 is 2.44 bits per heavy atom. The summed E-state index contributed by atoms with van der Waals surface area (Å²) in [6, 6.07) is 6.15. The van der Waals surface area contributed by atoms with E-state index in [1.54, 1.807) is 12.1 Å². The number of aromatic nitrogens is 3. The van der Waals surface area contributed by atoms with Crippen molar-refractivity contribution >= 4 is 21.9 Å². The molecule has 0 fully saturated rings. The lowest BCUT2D eigenvalue weighted by atomic mass is 10.3. The van der Waals surface area contributed by atoms with Crippen LogP contribution >= 0.6 is 15.9 Å². The summed E-state index contributed by atoms with van der Waals surface area (Å²) in [6.07, 6.45) is 0. The zero-order valence-electron chi connectivity index (χ0n) is 7.83. The maximum atomic E-state index is 10.7. The Hall–Kier alpha value is -1.89. The maximum absolute atomic E-state index is 10.7. The van der Waals surface area contributed by atoms with Crippen molar-refractivity contribution in [1.29, 1.82) is 0 Å². The monoisotopic (exact) mass is 283 g/mol. The van der Waals surface area contributed by atoms with Crippen molar-refractivity contribution in [1.82, 2.24) is 15.0 Å². The van der Waals surface area contributed by atoms with Crippen molar-refractivity contribution < 1.29 is 15.0 Å². The summed E-state index contributed by atoms with van der Waals surface area (Å²) in [6.45, 7) is 0. The summed E-state index contributed by atoms with van der Waals surface area (Å²) in [4.78, 5) is 10.7. The molecule has 0 aliphatic carbocycles. The standard InChI is InChI=1S/C9H6BrN3O3/c10-8-7(9(15)16)11-12-13(8)5-1-3-6(14)4-2-5/h1-4,14H,(H,15,16). The number of aromatic carboxylic acids is 1. The molecule has 82 valence electrons. The Kier molecular flexibility index (Phi) is 2.61. The SMILES string of the molecule is O=C(O)c1nnn(-c2ccc(O)cc2)c1Br. The van der Waals surface area contributed by atoms with E-state index >= 15 is 0 Å². The Labute approximate surface area is 98.3 Å². The van der Waals surface area contributed by atoms with Gasteiger partial charge in [-0.3, -0.25) is 0 Å². The van der Waals surface area contributed by atoms with E-state index in [-0.39, 0.29) is 16.0 Å². The summed E-state index contributed by atoms with van der Waals surface area (Å²) >= 11 is 3.10. The van der Waals surface area contributed by atoms with E-state index < -0.39 is 5.97 Å². The molecule has 2 aromatic rings. The van der Waals surface area contributed by atoms with Gasteiger partial charge >= 0.3 is 5.97 Å². The molecule has 2 rings (SSSR count). The van der Waals surface area contributed by atoms with Crippen molar-refractivity contribution in [2.24, 2.45) is 0 Å². The summed E-state index contributed by atoms with van der Waals surface area (Å²) in [5.74, 6) is -1.03. The molecule has 0 atom stereocenters. The van der Waals surface area contributed by atoms with Gasteiger partial charge in [-0.05, 0) is 40.2 Å². The molecule has 0 radical (unpaired) electrons. The third-order valence-electron chi connectivity index (χ3n) is 1.91. The smallest absolute Gasteiger partial charge is 0.359 e. The van der Waals surface area contributed by atoms with Gasteiger partial charge in [0, 0.05) is 0 Å². The quantitative estimate of drug-likeness (QED) is 0.871. The Morgan fingerprint density at radius 1 is 1.31 bits per heavy atom. The van der Waals surface area contributed by atoms with E-state index in [0.717, 1.165) is 0 Å². The van der Waals surface area contributed by atoms with Crippen LogP contribution in [-0.2, 0) is 0 Å². The molecular weight excluding hydrogens is 278 g/mol. The lowest BCUT2D eigenvalue weighted by molar-refractivity contribution is 0.0689. The number of rotatable bonds is 2. The fourth-order valence-electron chi connectivity index (χ4n) is 1.16. The van der Waals surface area contributed by atoms with Crippen molar-refractivity contribution in [3.8, 4) is 11.4 Å². The highest BCUT2D eigenvalue weighted by molar-refractivity contribution is 9.10. The first-order chi connectivity index (χ1) is 7.59. The predicted octanol–water partition coefficient (Wildman–Crippen LogP) is 1.43. The van der Waals surface area contributed by atoms with Gasteiger partial charge in [-0.25, -0.2) is 9.48 Å². The molecule has 1 aromatic heterocycles. The average Bonchev–Trinajstić information content (AvgIpc) is 2.61. The second-order valence-electron chi connectivity index (χ2n) is 2.96. The fourth-order valence-corrected chi connectivity index (χ4v) is 1.68. The van der Waals surface area contributed by atoms with E-state index in [1.165, 1.54) is 16.8 Å². The van der Waals surface area contributed by atoms with Crippen molar-refractivity contribution in [3.05, 3.63) is 34.6 Å². The van der Waals surface area contributed by atoms with Gasteiger partial charge < -0.3 is 10.2 Å². The first-order valence-corrected chi connectivity index (χ1v) is 5.03. The van der Waals surface area contributed by atoms with Gasteiger partial charge in [0.25, 0.3) is 0 Å². The number of aromatic hydroxyl groups is 1. The molecule has 0 unspecified atom stereocenters. The Bertz CT molecular complexity index is 535. The molecule has 1 heterocycles. The highest BCUT2D eigenvalue weighted by Crippen LogP contribution is 2.20. The van der Waals surface area contributed by atoms with Gasteiger partial charge in [-0.15, -0.1) is 5.10 Å². The first-order valence-electron chi connectivity index (χ1n) is 4.23. The van der Waals surface area contributed by atoms with Gasteiger partial charge in [0.2, 0.25) is 5.69 Å². The number of halogens is 1. The third kappa shape index (κ3) is 1.76. The van der Waals surface area contributed by atoms with Crippen LogP contribution in [-0.4, -0.2) is 31.2 Å². The molecule has 0 saturated carbocycles. The molecule has 1 aromatic carbocycles. The topological polar surface area (TPSA) is 88.2 Å². The predicted molar refractivity (Wildman–Crippen MR) is 57.7 cm³/mol. The molecule has 6 nitrogen and oxygen atoms in total. The zero-order valence-corrected chi connectivity index (χ0v) is 9.42. The Balaban J connectivity index is 2.49. The van der Waals surface area contributed by atoms with Crippen molar-refractivity contribution in [3.63, 3.8) is 0 Å². The third-order valence-corrected chi connectivity index (χ3v) is 2.62. The van der Waals surface area contributed by atoms with Gasteiger partial charge in [0.15, 0.2) is 0 Å². The maximum Gasteiger partial charge on any atom is 0.359 e. The first kappa shape index (κ1) is 10.6. The normalized spacial score (nSPS) is 10.3. The largest absolute Gasteiger partial charge is 0.508 e. The molecule has 0 amide bonds. The molecule has 0 saturated heterocycles. The Morgan fingerprint density at radius 2 is 1.94 bits per heavy atom. The van der Waals surface area contributed by atoms with Gasteiger partial charge in [0.1, 0.15) is 10.4 Å². The van der Waals surface area contributed by atoms with Crippen LogP contribution in [0.2, 0.25) is 0 Å². The van der Waals surface area contributed by atoms with Crippen molar-refractivity contribution in [2.75, 3.05) is 0 Å². The summed E-state index contributed by atoms with van der Waals surface area (Å²) < 4.78 is 1.58. The van der Waals surface area contributed by atoms with Crippen LogP contribution in [0.3, 0.4) is 0 Å². The number of phenols is 1. The van der Waals surface area contributed by atoms with Crippen LogP contribution in [0.5, 0.6) is 5.75 Å². The van der Waals surface area contributed by atoms with Gasteiger partial charge in [-0.1, -0.05) is 5.21 Å². The minimum absolute atomic E-state index is 0.124. The number of nitrogens with zero attached hydrogens (tertiary/aromatic N) is 3. The lowest BCUT2D eigenvalue weighted by Crippen LogP contribution is -1.99. The van der Waals surface area contributed by atoms with Crippen LogP contribution in [0.1, 0.15) is 10.5 Å². The van der Waals surface area contributed by atoms with E-state index in [0.29, 0.717) is 5.69 Å². The number of benzene rings is 1. The van der Waals surface area contributed by atoms with E-state index in [2.05, 4.69) is 26.2 Å². The number of carboxylic acids is 1. The number of phenolic OH excluding ortho intramolecular Hbond substituents is 1. The highest BCUT2D eigenvalue weighted by Gasteiger charge is 2.17. The fraction of sp³-hybridized carbons (Fsp3) is 0. The minimum Gasteiger partial charge on any atom is -0.508 e. The van der Waals surface area contributed by atoms with Gasteiger partial charge in [0.05, 0.1) is 5.69 Å². The van der Waals surface area contributed by atoms with Crippen LogP contribution in [0, 0.1) is 0 Å². The summed E-state index contributed by atoms with van der Waals surface area (Å²) in [7, 11) is 0. The zero-order chi connectivity index (χ0) is 11.7. The lowest BCUT2D eigenvalue weighted by Gasteiger charge is -2.01. The number of hydrogen-bond acceptors (Lipinski definition) is 4. The van der Waals surface area contributed by atoms with Crippen LogP contribution in [0.15, 0.2) is 28.9 Å². The van der Waals surface area contributed by atoms with Crippen molar-refractivity contribution in [2.45, 2.75) is 0 Å². The average molecular weight is 284 g/mol. The summed E-state index contributed by atoms with van der Waals surface area (Å²) in [5, 5.41) is 25.1. The molecular formula is C9H6BrN3O3. The van der Waals surface area contributed by atoms with Crippen LogP contribution in [0.4, 0.5) is 0 Å². The molecule has 0 aliphatic rings. The highest BCUT2D eigenvalue weighted by atomic mass is 79.9. The molecule has 7 heteroatoms. The second kappa shape index (κ2) is 3.93. The summed E-state index contributed by atoms with van der Waals surface area (Å²) in [5.41, 5.74) is 0.442. The van der Waals surface area contributed by atoms with Crippen LogP contribution in [0.25, 0.3) is 5.69 Å².